The average Bonchev–Trinajstić information content (AvgIpc) is 2.54. The minimum absolute atomic E-state index is 0.158. The maximum absolute atomic E-state index is 12.4. The van der Waals surface area contributed by atoms with Crippen LogP contribution in [0, 0.1) is 0 Å². The molecule has 1 aromatic carbocycles. The molecule has 0 radical (unpaired) electrons. The van der Waals surface area contributed by atoms with Gasteiger partial charge in [-0.3, -0.25) is 4.90 Å². The highest BCUT2D eigenvalue weighted by Crippen LogP contribution is 2.28. The van der Waals surface area contributed by atoms with Crippen molar-refractivity contribution in [2.24, 2.45) is 0 Å². The summed E-state index contributed by atoms with van der Waals surface area (Å²) in [5.74, 6) is 0.158. The summed E-state index contributed by atoms with van der Waals surface area (Å²) in [6, 6.07) is 4.66. The fraction of sp³-hybridized carbons (Fsp3) is 0.600. The van der Waals surface area contributed by atoms with Gasteiger partial charge in [0.25, 0.3) is 0 Å². The van der Waals surface area contributed by atoms with Crippen LogP contribution in [0.4, 0.5) is 8.78 Å². The highest BCUT2D eigenvalue weighted by atomic mass is 35.5. The lowest BCUT2D eigenvalue weighted by molar-refractivity contribution is -0.0507. The summed E-state index contributed by atoms with van der Waals surface area (Å²) < 4.78 is 29.4. The number of likely N-dealkylation sites (tertiary alicyclic amines) is 1. The summed E-state index contributed by atoms with van der Waals surface area (Å²) in [4.78, 5) is 2.13. The molecule has 0 bridgehead atoms. The lowest BCUT2D eigenvalue weighted by Crippen LogP contribution is -2.28. The number of nitrogens with zero attached hydrogens (tertiary/aromatic N) is 1. The normalized spacial score (nSPS) is 24.1. The molecule has 21 heavy (non-hydrogen) atoms. The fourth-order valence-corrected chi connectivity index (χ4v) is 2.80. The minimum atomic E-state index is -2.85. The van der Waals surface area contributed by atoms with Crippen LogP contribution in [0.25, 0.3) is 0 Å². The molecule has 1 N–H and O–H groups in total. The van der Waals surface area contributed by atoms with Gasteiger partial charge in [0.2, 0.25) is 0 Å². The van der Waals surface area contributed by atoms with Gasteiger partial charge in [-0.1, -0.05) is 11.6 Å². The molecule has 1 aliphatic rings. The largest absolute Gasteiger partial charge is 0.434 e. The quantitative estimate of drug-likeness (QED) is 0.919. The van der Waals surface area contributed by atoms with Crippen molar-refractivity contribution in [1.82, 2.24) is 4.90 Å². The summed E-state index contributed by atoms with van der Waals surface area (Å²) >= 11 is 5.95. The first-order valence-electron chi connectivity index (χ1n) is 7.04. The second kappa shape index (κ2) is 6.90. The van der Waals surface area contributed by atoms with Gasteiger partial charge in [-0.25, -0.2) is 0 Å². The van der Waals surface area contributed by atoms with Gasteiger partial charge in [-0.15, -0.1) is 0 Å². The number of ether oxygens (including phenoxy) is 1. The molecule has 0 aromatic heterocycles. The van der Waals surface area contributed by atoms with Crippen LogP contribution in [0.1, 0.15) is 31.7 Å². The Hall–Kier alpha value is -0.910. The van der Waals surface area contributed by atoms with Gasteiger partial charge < -0.3 is 9.84 Å². The molecule has 2 rings (SSSR count). The van der Waals surface area contributed by atoms with E-state index in [4.69, 9.17) is 11.6 Å². The van der Waals surface area contributed by atoms with Gasteiger partial charge in [0.15, 0.2) is 0 Å². The Morgan fingerprint density at radius 3 is 2.86 bits per heavy atom. The summed E-state index contributed by atoms with van der Waals surface area (Å²) in [6.45, 7) is 0.999. The summed E-state index contributed by atoms with van der Waals surface area (Å²) in [5, 5.41) is 10.6. The van der Waals surface area contributed by atoms with E-state index in [1.807, 2.05) is 6.92 Å². The first-order chi connectivity index (χ1) is 9.85. The van der Waals surface area contributed by atoms with Crippen LogP contribution >= 0.6 is 11.6 Å². The van der Waals surface area contributed by atoms with E-state index in [-0.39, 0.29) is 5.75 Å². The SMILES string of the molecule is CC1(O)CCCN(Cc2cc(Cl)ccc2OC(F)F)CC1. The molecule has 0 amide bonds. The number of aliphatic hydroxyl groups is 1. The van der Waals surface area contributed by atoms with Gasteiger partial charge in [0, 0.05) is 23.7 Å². The van der Waals surface area contributed by atoms with Crippen LogP contribution in [0.5, 0.6) is 5.75 Å². The number of alkyl halides is 2. The van der Waals surface area contributed by atoms with Crippen LogP contribution in [0.3, 0.4) is 0 Å². The molecule has 0 saturated carbocycles. The topological polar surface area (TPSA) is 32.7 Å². The highest BCUT2D eigenvalue weighted by Gasteiger charge is 2.25. The van der Waals surface area contributed by atoms with Crippen molar-refractivity contribution in [3.8, 4) is 5.75 Å². The van der Waals surface area contributed by atoms with Crippen molar-refractivity contribution >= 4 is 11.6 Å². The van der Waals surface area contributed by atoms with Gasteiger partial charge >= 0.3 is 6.61 Å². The Bertz CT molecular complexity index is 483. The second-order valence-corrected chi connectivity index (χ2v) is 6.19. The molecular weight excluding hydrogens is 300 g/mol. The Kier molecular flexibility index (Phi) is 5.41. The lowest BCUT2D eigenvalue weighted by Gasteiger charge is -2.23. The Balaban J connectivity index is 2.09. The summed E-state index contributed by atoms with van der Waals surface area (Å²) in [7, 11) is 0. The molecular formula is C15H20ClF2NO2. The average molecular weight is 320 g/mol. The molecule has 118 valence electrons. The number of halogens is 3. The number of benzene rings is 1. The third kappa shape index (κ3) is 5.09. The third-order valence-corrected chi connectivity index (χ3v) is 4.02. The van der Waals surface area contributed by atoms with Crippen LogP contribution in [0.15, 0.2) is 18.2 Å². The van der Waals surface area contributed by atoms with E-state index < -0.39 is 12.2 Å². The van der Waals surface area contributed by atoms with Crippen LogP contribution in [0.2, 0.25) is 5.02 Å². The zero-order valence-corrected chi connectivity index (χ0v) is 12.7. The number of rotatable bonds is 4. The van der Waals surface area contributed by atoms with E-state index in [1.54, 1.807) is 6.07 Å². The van der Waals surface area contributed by atoms with Crippen molar-refractivity contribution in [3.63, 3.8) is 0 Å². The Morgan fingerprint density at radius 2 is 2.14 bits per heavy atom. The molecule has 0 spiro atoms. The van der Waals surface area contributed by atoms with E-state index in [1.165, 1.54) is 12.1 Å². The summed E-state index contributed by atoms with van der Waals surface area (Å²) in [6.07, 6.45) is 2.29. The van der Waals surface area contributed by atoms with Gasteiger partial charge in [0.05, 0.1) is 5.60 Å². The van der Waals surface area contributed by atoms with Crippen molar-refractivity contribution < 1.29 is 18.6 Å². The minimum Gasteiger partial charge on any atom is -0.434 e. The first kappa shape index (κ1) is 16.5. The monoisotopic (exact) mass is 319 g/mol. The van der Waals surface area contributed by atoms with Gasteiger partial charge in [0.1, 0.15) is 5.75 Å². The molecule has 1 aromatic rings. The van der Waals surface area contributed by atoms with E-state index in [2.05, 4.69) is 9.64 Å². The molecule has 1 unspecified atom stereocenters. The zero-order valence-electron chi connectivity index (χ0n) is 12.0. The van der Waals surface area contributed by atoms with Crippen molar-refractivity contribution in [2.45, 2.75) is 44.9 Å². The van der Waals surface area contributed by atoms with Crippen LogP contribution in [-0.4, -0.2) is 35.3 Å². The van der Waals surface area contributed by atoms with E-state index >= 15 is 0 Å². The zero-order chi connectivity index (χ0) is 15.5. The fourth-order valence-electron chi connectivity index (χ4n) is 2.60. The predicted molar refractivity (Wildman–Crippen MR) is 77.8 cm³/mol. The van der Waals surface area contributed by atoms with Gasteiger partial charge in [-0.2, -0.15) is 8.78 Å². The summed E-state index contributed by atoms with van der Waals surface area (Å²) in [5.41, 5.74) is -0.00452. The number of hydrogen-bond acceptors (Lipinski definition) is 3. The molecule has 3 nitrogen and oxygen atoms in total. The molecule has 1 saturated heterocycles. The van der Waals surface area contributed by atoms with E-state index in [0.29, 0.717) is 30.1 Å². The number of hydrogen-bond donors (Lipinski definition) is 1. The van der Waals surface area contributed by atoms with Crippen molar-refractivity contribution in [2.75, 3.05) is 13.1 Å². The molecule has 1 fully saturated rings. The molecule has 0 aliphatic carbocycles. The standard InChI is InChI=1S/C15H20ClF2NO2/c1-15(20)5-2-7-19(8-6-15)10-11-9-12(16)3-4-13(11)21-14(17)18/h3-4,9,14,20H,2,5-8,10H2,1H3. The Morgan fingerprint density at radius 1 is 1.38 bits per heavy atom. The van der Waals surface area contributed by atoms with E-state index in [9.17, 15) is 13.9 Å². The van der Waals surface area contributed by atoms with Crippen LogP contribution in [-0.2, 0) is 6.54 Å². The maximum Gasteiger partial charge on any atom is 0.387 e. The third-order valence-electron chi connectivity index (χ3n) is 3.79. The predicted octanol–water partition coefficient (Wildman–Crippen LogP) is 3.68. The first-order valence-corrected chi connectivity index (χ1v) is 7.41. The maximum atomic E-state index is 12.4. The van der Waals surface area contributed by atoms with Crippen molar-refractivity contribution in [1.29, 1.82) is 0 Å². The van der Waals surface area contributed by atoms with E-state index in [0.717, 1.165) is 19.4 Å². The molecule has 1 atom stereocenters. The molecule has 6 heteroatoms. The smallest absolute Gasteiger partial charge is 0.387 e. The molecule has 1 heterocycles. The van der Waals surface area contributed by atoms with Crippen LogP contribution < -0.4 is 4.74 Å². The van der Waals surface area contributed by atoms with Crippen molar-refractivity contribution in [3.05, 3.63) is 28.8 Å². The second-order valence-electron chi connectivity index (χ2n) is 5.76. The molecule has 1 aliphatic heterocycles. The lowest BCUT2D eigenvalue weighted by atomic mass is 9.98. The van der Waals surface area contributed by atoms with Gasteiger partial charge in [-0.05, 0) is 50.9 Å². The highest BCUT2D eigenvalue weighted by molar-refractivity contribution is 6.30. The Labute approximate surface area is 128 Å².